The van der Waals surface area contributed by atoms with Crippen LogP contribution in [-0.2, 0) is 0 Å². The molecule has 0 spiro atoms. The number of amides is 1. The van der Waals surface area contributed by atoms with Crippen LogP contribution in [0.15, 0.2) is 18.2 Å². The molecular formula is C18H24F2N2O2. The number of rotatable bonds is 5. The van der Waals surface area contributed by atoms with Crippen LogP contribution >= 0.6 is 0 Å². The van der Waals surface area contributed by atoms with E-state index in [4.69, 9.17) is 4.74 Å². The first-order chi connectivity index (χ1) is 11.6. The van der Waals surface area contributed by atoms with Crippen molar-refractivity contribution in [2.75, 3.05) is 13.7 Å². The first-order valence-corrected chi connectivity index (χ1v) is 8.59. The Morgan fingerprint density at radius 3 is 2.88 bits per heavy atom. The fourth-order valence-corrected chi connectivity index (χ4v) is 3.95. The fraction of sp³-hybridized carbons (Fsp3) is 0.611. The van der Waals surface area contributed by atoms with Gasteiger partial charge in [0, 0.05) is 29.8 Å². The van der Waals surface area contributed by atoms with Gasteiger partial charge in [0.25, 0.3) is 12.3 Å². The third kappa shape index (κ3) is 3.69. The Bertz CT molecular complexity index is 580. The number of carbonyl (C=O) groups excluding carboxylic acids is 1. The summed E-state index contributed by atoms with van der Waals surface area (Å²) in [5, 5.41) is 6.38. The zero-order valence-corrected chi connectivity index (χ0v) is 13.9. The van der Waals surface area contributed by atoms with E-state index in [1.54, 1.807) is 0 Å². The third-order valence-corrected chi connectivity index (χ3v) is 5.19. The predicted octanol–water partition coefficient (Wildman–Crippen LogP) is 3.28. The van der Waals surface area contributed by atoms with Crippen molar-refractivity contribution in [3.8, 4) is 5.75 Å². The van der Waals surface area contributed by atoms with Crippen LogP contribution in [-0.4, -0.2) is 31.6 Å². The van der Waals surface area contributed by atoms with Gasteiger partial charge in [-0.3, -0.25) is 4.79 Å². The van der Waals surface area contributed by atoms with E-state index in [1.165, 1.54) is 51.0 Å². The molecule has 1 aliphatic heterocycles. The van der Waals surface area contributed by atoms with Gasteiger partial charge >= 0.3 is 0 Å². The van der Waals surface area contributed by atoms with Crippen molar-refractivity contribution in [1.29, 1.82) is 0 Å². The van der Waals surface area contributed by atoms with Crippen LogP contribution in [0.4, 0.5) is 8.78 Å². The number of hydrogen-bond acceptors (Lipinski definition) is 3. The topological polar surface area (TPSA) is 50.4 Å². The van der Waals surface area contributed by atoms with Crippen molar-refractivity contribution in [2.45, 2.75) is 50.6 Å². The van der Waals surface area contributed by atoms with Gasteiger partial charge < -0.3 is 15.4 Å². The van der Waals surface area contributed by atoms with E-state index in [2.05, 4.69) is 10.6 Å². The number of carbonyl (C=O) groups is 1. The normalized spacial score (nSPS) is 26.2. The van der Waals surface area contributed by atoms with Crippen LogP contribution < -0.4 is 15.4 Å². The van der Waals surface area contributed by atoms with Crippen molar-refractivity contribution in [1.82, 2.24) is 10.6 Å². The molecule has 1 aromatic carbocycles. The zero-order valence-electron chi connectivity index (χ0n) is 13.9. The lowest BCUT2D eigenvalue weighted by molar-refractivity contribution is 0.0936. The van der Waals surface area contributed by atoms with Crippen molar-refractivity contribution in [3.05, 3.63) is 29.3 Å². The maximum atomic E-state index is 13.2. The van der Waals surface area contributed by atoms with Gasteiger partial charge in [-0.2, -0.15) is 0 Å². The molecule has 0 unspecified atom stereocenters. The summed E-state index contributed by atoms with van der Waals surface area (Å²) in [6.07, 6.45) is 3.32. The molecule has 1 aromatic rings. The highest BCUT2D eigenvalue weighted by Crippen LogP contribution is 2.33. The largest absolute Gasteiger partial charge is 0.497 e. The van der Waals surface area contributed by atoms with Crippen molar-refractivity contribution >= 4 is 5.91 Å². The van der Waals surface area contributed by atoms with Crippen LogP contribution in [0.25, 0.3) is 0 Å². The first kappa shape index (κ1) is 17.1. The standard InChI is InChI=1S/C18H24F2N2O2/c1-24-13-6-7-14(15(9-13)17(19)20)18(23)21-10-12-8-11-4-2-3-5-16(11)22-12/h6-7,9,11-12,16-17,22H,2-5,8,10H2,1H3,(H,21,23)/t11-,12-,16-/m0/s1. The van der Waals surface area contributed by atoms with Crippen LogP contribution in [0, 0.1) is 5.92 Å². The number of alkyl halides is 2. The van der Waals surface area contributed by atoms with Gasteiger partial charge in [-0.05, 0) is 43.4 Å². The molecule has 1 saturated heterocycles. The number of benzene rings is 1. The van der Waals surface area contributed by atoms with E-state index in [-0.39, 0.29) is 17.2 Å². The van der Waals surface area contributed by atoms with Gasteiger partial charge in [0.05, 0.1) is 7.11 Å². The Kier molecular flexibility index (Phi) is 5.33. The molecule has 24 heavy (non-hydrogen) atoms. The summed E-state index contributed by atoms with van der Waals surface area (Å²) in [5.74, 6) is 0.561. The molecule has 1 saturated carbocycles. The van der Waals surface area contributed by atoms with E-state index >= 15 is 0 Å². The number of nitrogens with one attached hydrogen (secondary N) is 2. The minimum Gasteiger partial charge on any atom is -0.497 e. The molecule has 1 amide bonds. The molecule has 6 heteroatoms. The highest BCUT2D eigenvalue weighted by Gasteiger charge is 2.35. The lowest BCUT2D eigenvalue weighted by atomic mass is 9.85. The summed E-state index contributed by atoms with van der Waals surface area (Å²) < 4.78 is 31.4. The molecule has 0 bridgehead atoms. The average molecular weight is 338 g/mol. The summed E-state index contributed by atoms with van der Waals surface area (Å²) in [5.41, 5.74) is -0.277. The van der Waals surface area contributed by atoms with Gasteiger partial charge in [0.1, 0.15) is 5.75 Å². The van der Waals surface area contributed by atoms with Crippen molar-refractivity contribution < 1.29 is 18.3 Å². The number of methoxy groups -OCH3 is 1. The molecule has 0 radical (unpaired) electrons. The minimum atomic E-state index is -2.71. The van der Waals surface area contributed by atoms with Crippen LogP contribution in [0.1, 0.15) is 54.5 Å². The average Bonchev–Trinajstić information content (AvgIpc) is 3.02. The van der Waals surface area contributed by atoms with Gasteiger partial charge in [-0.15, -0.1) is 0 Å². The van der Waals surface area contributed by atoms with E-state index in [0.29, 0.717) is 24.3 Å². The van der Waals surface area contributed by atoms with Gasteiger partial charge in [-0.25, -0.2) is 8.78 Å². The Morgan fingerprint density at radius 2 is 2.17 bits per heavy atom. The number of hydrogen-bond donors (Lipinski definition) is 2. The highest BCUT2D eigenvalue weighted by atomic mass is 19.3. The zero-order chi connectivity index (χ0) is 17.1. The maximum absolute atomic E-state index is 13.2. The molecule has 1 heterocycles. The Morgan fingerprint density at radius 1 is 1.38 bits per heavy atom. The van der Waals surface area contributed by atoms with E-state index in [9.17, 15) is 13.6 Å². The molecule has 3 atom stereocenters. The molecular weight excluding hydrogens is 314 g/mol. The Balaban J connectivity index is 1.61. The lowest BCUT2D eigenvalue weighted by Crippen LogP contribution is -2.40. The van der Waals surface area contributed by atoms with Crippen LogP contribution in [0.2, 0.25) is 0 Å². The SMILES string of the molecule is COc1ccc(C(=O)NC[C@@H]2C[C@@H]3CCCC[C@@H]3N2)c(C(F)F)c1. The summed E-state index contributed by atoms with van der Waals surface area (Å²) in [6, 6.07) is 4.94. The van der Waals surface area contributed by atoms with Crippen molar-refractivity contribution in [3.63, 3.8) is 0 Å². The van der Waals surface area contributed by atoms with E-state index in [0.717, 1.165) is 6.42 Å². The summed E-state index contributed by atoms with van der Waals surface area (Å²) in [7, 11) is 1.41. The molecule has 4 nitrogen and oxygen atoms in total. The van der Waals surface area contributed by atoms with Crippen molar-refractivity contribution in [2.24, 2.45) is 5.92 Å². The van der Waals surface area contributed by atoms with Gasteiger partial charge in [0.15, 0.2) is 0 Å². The molecule has 0 aromatic heterocycles. The summed E-state index contributed by atoms with van der Waals surface area (Å²) in [4.78, 5) is 12.3. The summed E-state index contributed by atoms with van der Waals surface area (Å²) >= 11 is 0. The fourth-order valence-electron chi connectivity index (χ4n) is 3.95. The smallest absolute Gasteiger partial charge is 0.264 e. The molecule has 1 aliphatic carbocycles. The monoisotopic (exact) mass is 338 g/mol. The minimum absolute atomic E-state index is 0.0150. The van der Waals surface area contributed by atoms with Gasteiger partial charge in [0.2, 0.25) is 0 Å². The van der Waals surface area contributed by atoms with Gasteiger partial charge in [-0.1, -0.05) is 12.8 Å². The number of ether oxygens (including phenoxy) is 1. The third-order valence-electron chi connectivity index (χ3n) is 5.19. The van der Waals surface area contributed by atoms with Crippen LogP contribution in [0.5, 0.6) is 5.75 Å². The highest BCUT2D eigenvalue weighted by molar-refractivity contribution is 5.96. The molecule has 2 N–H and O–H groups in total. The molecule has 2 aliphatic rings. The molecule has 132 valence electrons. The number of halogens is 2. The second kappa shape index (κ2) is 7.47. The second-order valence-electron chi connectivity index (χ2n) is 6.71. The first-order valence-electron chi connectivity index (χ1n) is 8.59. The lowest BCUT2D eigenvalue weighted by Gasteiger charge is -2.24. The van der Waals surface area contributed by atoms with E-state index in [1.807, 2.05) is 0 Å². The maximum Gasteiger partial charge on any atom is 0.264 e. The summed E-state index contributed by atoms with van der Waals surface area (Å²) in [6.45, 7) is 0.473. The Hall–Kier alpha value is -1.69. The van der Waals surface area contributed by atoms with Crippen LogP contribution in [0.3, 0.4) is 0 Å². The predicted molar refractivity (Wildman–Crippen MR) is 87.6 cm³/mol. The second-order valence-corrected chi connectivity index (χ2v) is 6.71. The van der Waals surface area contributed by atoms with E-state index < -0.39 is 12.3 Å². The Labute approximate surface area is 141 Å². The molecule has 3 rings (SSSR count). The number of fused-ring (bicyclic) bond motifs is 1. The quantitative estimate of drug-likeness (QED) is 0.866. The molecule has 2 fully saturated rings.